The summed E-state index contributed by atoms with van der Waals surface area (Å²) in [6.07, 6.45) is 0. The van der Waals surface area contributed by atoms with Crippen LogP contribution in [0.5, 0.6) is 0 Å². The van der Waals surface area contributed by atoms with Crippen molar-refractivity contribution in [2.75, 3.05) is 11.1 Å². The van der Waals surface area contributed by atoms with Crippen molar-refractivity contribution in [3.63, 3.8) is 0 Å². The maximum Gasteiger partial charge on any atom is 0.0907 e. The number of thiazole rings is 1. The number of anilines is 2. The van der Waals surface area contributed by atoms with Crippen LogP contribution in [0.25, 0.3) is 10.2 Å². The van der Waals surface area contributed by atoms with Crippen LogP contribution < -0.4 is 11.1 Å². The van der Waals surface area contributed by atoms with E-state index >= 15 is 0 Å². The quantitative estimate of drug-likeness (QED) is 0.682. The lowest BCUT2D eigenvalue weighted by atomic mass is 10.2. The lowest BCUT2D eigenvalue weighted by Gasteiger charge is -2.10. The Hall–Kier alpha value is -1.59. The van der Waals surface area contributed by atoms with Gasteiger partial charge in [0.1, 0.15) is 0 Å². The monoisotopic (exact) mass is 347 g/mol. The Bertz CT molecular complexity index is 767. The number of nitrogen functional groups attached to an aromatic ring is 1. The minimum atomic E-state index is 0.722. The topological polar surface area (TPSA) is 50.9 Å². The SMILES string of the molecule is Cc1nc2cc(NCc3ccccc3Br)c(N)cc2s1. The molecule has 0 saturated carbocycles. The lowest BCUT2D eigenvalue weighted by molar-refractivity contribution is 1.14. The van der Waals surface area contributed by atoms with E-state index in [2.05, 4.69) is 32.3 Å². The fourth-order valence-electron chi connectivity index (χ4n) is 2.09. The van der Waals surface area contributed by atoms with E-state index in [1.807, 2.05) is 37.3 Å². The molecule has 0 aliphatic carbocycles. The van der Waals surface area contributed by atoms with Crippen LogP contribution in [-0.4, -0.2) is 4.98 Å². The molecule has 0 aliphatic rings. The van der Waals surface area contributed by atoms with Crippen LogP contribution in [0.1, 0.15) is 10.6 Å². The molecule has 102 valence electrons. The third-order valence-electron chi connectivity index (χ3n) is 3.09. The summed E-state index contributed by atoms with van der Waals surface area (Å²) in [6, 6.07) is 12.2. The number of nitrogens with zero attached hydrogens (tertiary/aromatic N) is 1. The molecule has 5 heteroatoms. The molecule has 3 nitrogen and oxygen atoms in total. The van der Waals surface area contributed by atoms with Gasteiger partial charge in [-0.05, 0) is 30.7 Å². The molecule has 0 spiro atoms. The van der Waals surface area contributed by atoms with Crippen LogP contribution >= 0.6 is 27.3 Å². The van der Waals surface area contributed by atoms with Gasteiger partial charge >= 0.3 is 0 Å². The summed E-state index contributed by atoms with van der Waals surface area (Å²) < 4.78 is 2.23. The van der Waals surface area contributed by atoms with Crippen LogP contribution in [-0.2, 0) is 6.54 Å². The van der Waals surface area contributed by atoms with Crippen LogP contribution in [0.3, 0.4) is 0 Å². The van der Waals surface area contributed by atoms with E-state index in [1.54, 1.807) is 11.3 Å². The molecule has 0 radical (unpaired) electrons. The number of aryl methyl sites for hydroxylation is 1. The smallest absolute Gasteiger partial charge is 0.0907 e. The van der Waals surface area contributed by atoms with E-state index in [4.69, 9.17) is 5.73 Å². The van der Waals surface area contributed by atoms with E-state index in [-0.39, 0.29) is 0 Å². The van der Waals surface area contributed by atoms with Crippen molar-refractivity contribution in [1.29, 1.82) is 0 Å². The molecule has 1 heterocycles. The number of aromatic nitrogens is 1. The molecule has 2 aromatic carbocycles. The summed E-state index contributed by atoms with van der Waals surface area (Å²) in [4.78, 5) is 4.50. The van der Waals surface area contributed by atoms with Crippen molar-refractivity contribution in [2.24, 2.45) is 0 Å². The number of rotatable bonds is 3. The number of nitrogens with one attached hydrogen (secondary N) is 1. The predicted octanol–water partition coefficient (Wildman–Crippen LogP) is 4.56. The predicted molar refractivity (Wildman–Crippen MR) is 90.2 cm³/mol. The zero-order valence-corrected chi connectivity index (χ0v) is 13.4. The average molecular weight is 348 g/mol. The van der Waals surface area contributed by atoms with Gasteiger partial charge in [-0.1, -0.05) is 34.1 Å². The highest BCUT2D eigenvalue weighted by Gasteiger charge is 2.06. The maximum atomic E-state index is 6.10. The second-order valence-electron chi connectivity index (χ2n) is 4.59. The van der Waals surface area contributed by atoms with E-state index in [0.29, 0.717) is 0 Å². The Labute approximate surface area is 130 Å². The summed E-state index contributed by atoms with van der Waals surface area (Å²) >= 11 is 5.22. The molecular weight excluding hydrogens is 334 g/mol. The van der Waals surface area contributed by atoms with Crippen molar-refractivity contribution >= 4 is 48.9 Å². The van der Waals surface area contributed by atoms with Gasteiger partial charge in [-0.3, -0.25) is 0 Å². The molecule has 0 atom stereocenters. The number of halogens is 1. The third kappa shape index (κ3) is 2.64. The Balaban J connectivity index is 1.87. The van der Waals surface area contributed by atoms with Gasteiger partial charge in [-0.2, -0.15) is 0 Å². The molecule has 0 aliphatic heterocycles. The Morgan fingerprint density at radius 1 is 1.30 bits per heavy atom. The zero-order chi connectivity index (χ0) is 14.1. The second kappa shape index (κ2) is 5.42. The largest absolute Gasteiger partial charge is 0.397 e. The van der Waals surface area contributed by atoms with Gasteiger partial charge in [-0.15, -0.1) is 11.3 Å². The van der Waals surface area contributed by atoms with Gasteiger partial charge < -0.3 is 11.1 Å². The van der Waals surface area contributed by atoms with Gasteiger partial charge in [0.15, 0.2) is 0 Å². The fourth-order valence-corrected chi connectivity index (χ4v) is 3.37. The first-order valence-electron chi connectivity index (χ1n) is 6.27. The minimum absolute atomic E-state index is 0.722. The summed E-state index contributed by atoms with van der Waals surface area (Å²) in [5, 5.41) is 4.44. The first kappa shape index (κ1) is 13.4. The molecule has 0 fully saturated rings. The number of hydrogen-bond acceptors (Lipinski definition) is 4. The molecule has 3 aromatic rings. The highest BCUT2D eigenvalue weighted by molar-refractivity contribution is 9.10. The number of nitrogens with two attached hydrogens (primary N) is 1. The molecule has 1 aromatic heterocycles. The molecule has 20 heavy (non-hydrogen) atoms. The van der Waals surface area contributed by atoms with Crippen molar-refractivity contribution in [1.82, 2.24) is 4.98 Å². The summed E-state index contributed by atoms with van der Waals surface area (Å²) in [6.45, 7) is 2.73. The van der Waals surface area contributed by atoms with E-state index < -0.39 is 0 Å². The highest BCUT2D eigenvalue weighted by atomic mass is 79.9. The molecule has 3 rings (SSSR count). The van der Waals surface area contributed by atoms with Crippen LogP contribution in [0.2, 0.25) is 0 Å². The second-order valence-corrected chi connectivity index (χ2v) is 6.67. The number of benzene rings is 2. The fraction of sp³-hybridized carbons (Fsp3) is 0.133. The number of fused-ring (bicyclic) bond motifs is 1. The van der Waals surface area contributed by atoms with Gasteiger partial charge in [0.05, 0.1) is 26.6 Å². The van der Waals surface area contributed by atoms with Crippen molar-refractivity contribution in [2.45, 2.75) is 13.5 Å². The van der Waals surface area contributed by atoms with Gasteiger partial charge in [0, 0.05) is 11.0 Å². The first-order chi connectivity index (χ1) is 9.63. The summed E-state index contributed by atoms with van der Waals surface area (Å²) in [5.41, 5.74) is 9.98. The Morgan fingerprint density at radius 2 is 2.10 bits per heavy atom. The van der Waals surface area contributed by atoms with E-state index in [9.17, 15) is 0 Å². The maximum absolute atomic E-state index is 6.10. The molecule has 0 saturated heterocycles. The molecule has 0 bridgehead atoms. The molecule has 3 N–H and O–H groups in total. The minimum Gasteiger partial charge on any atom is -0.397 e. The van der Waals surface area contributed by atoms with Crippen LogP contribution in [0.15, 0.2) is 40.9 Å². The van der Waals surface area contributed by atoms with Gasteiger partial charge in [0.2, 0.25) is 0 Å². The van der Waals surface area contributed by atoms with Crippen molar-refractivity contribution < 1.29 is 0 Å². The van der Waals surface area contributed by atoms with Crippen LogP contribution in [0, 0.1) is 6.92 Å². The normalized spacial score (nSPS) is 10.9. The lowest BCUT2D eigenvalue weighted by Crippen LogP contribution is -2.03. The van der Waals surface area contributed by atoms with Crippen LogP contribution in [0.4, 0.5) is 11.4 Å². The summed E-state index contributed by atoms with van der Waals surface area (Å²) in [5.74, 6) is 0. The van der Waals surface area contributed by atoms with Gasteiger partial charge in [-0.25, -0.2) is 4.98 Å². The molecule has 0 amide bonds. The van der Waals surface area contributed by atoms with Crippen molar-refractivity contribution in [3.8, 4) is 0 Å². The number of hydrogen-bond donors (Lipinski definition) is 2. The van der Waals surface area contributed by atoms with E-state index in [1.165, 1.54) is 5.56 Å². The molecular formula is C15H14BrN3S. The highest BCUT2D eigenvalue weighted by Crippen LogP contribution is 2.30. The zero-order valence-electron chi connectivity index (χ0n) is 11.0. The Morgan fingerprint density at radius 3 is 2.90 bits per heavy atom. The summed E-state index contributed by atoms with van der Waals surface area (Å²) in [7, 11) is 0. The standard InChI is InChI=1S/C15H14BrN3S/c1-9-19-14-7-13(12(17)6-15(14)20-9)18-8-10-4-2-3-5-11(10)16/h2-7,18H,8,17H2,1H3. The average Bonchev–Trinajstić information content (AvgIpc) is 2.76. The van der Waals surface area contributed by atoms with E-state index in [0.717, 1.165) is 37.6 Å². The van der Waals surface area contributed by atoms with Gasteiger partial charge in [0.25, 0.3) is 0 Å². The third-order valence-corrected chi connectivity index (χ3v) is 4.80. The van der Waals surface area contributed by atoms with Crippen molar-refractivity contribution in [3.05, 3.63) is 51.4 Å². The Kier molecular flexibility index (Phi) is 3.63. The first-order valence-corrected chi connectivity index (χ1v) is 7.88. The molecule has 0 unspecified atom stereocenters.